The van der Waals surface area contributed by atoms with Gasteiger partial charge in [-0.2, -0.15) is 0 Å². The number of amides is 2. The van der Waals surface area contributed by atoms with Crippen LogP contribution in [0.3, 0.4) is 0 Å². The third-order valence-corrected chi connectivity index (χ3v) is 7.67. The molecule has 3 unspecified atom stereocenters. The van der Waals surface area contributed by atoms with Crippen LogP contribution in [0.1, 0.15) is 35.1 Å². The molecule has 160 valence electrons. The van der Waals surface area contributed by atoms with Gasteiger partial charge in [0.15, 0.2) is 0 Å². The lowest BCUT2D eigenvalue weighted by molar-refractivity contribution is -0.126. The molecule has 1 aliphatic heterocycles. The van der Waals surface area contributed by atoms with Gasteiger partial charge in [0.1, 0.15) is 5.75 Å². The number of ether oxygens (including phenoxy) is 1. The highest BCUT2D eigenvalue weighted by atomic mass is 16.5. The van der Waals surface area contributed by atoms with Gasteiger partial charge in [-0.25, -0.2) is 4.90 Å². The number of hydrogen-bond acceptors (Lipinski definition) is 4. The van der Waals surface area contributed by atoms with Crippen molar-refractivity contribution in [3.05, 3.63) is 95.1 Å². The zero-order chi connectivity index (χ0) is 22.2. The smallest absolute Gasteiger partial charge is 0.239 e. The van der Waals surface area contributed by atoms with Crippen molar-refractivity contribution in [3.8, 4) is 5.75 Å². The number of hydrogen-bond donors (Lipinski definition) is 1. The maximum absolute atomic E-state index is 14.0. The fraction of sp³-hybridized carbons (Fsp3) is 0.259. The Morgan fingerprint density at radius 3 is 1.97 bits per heavy atom. The summed E-state index contributed by atoms with van der Waals surface area (Å²) in [4.78, 5) is 29.2. The summed E-state index contributed by atoms with van der Waals surface area (Å²) in [6, 6.07) is 22.9. The van der Waals surface area contributed by atoms with E-state index < -0.39 is 23.4 Å². The van der Waals surface area contributed by atoms with Gasteiger partial charge in [-0.1, -0.05) is 48.5 Å². The monoisotopic (exact) mass is 425 g/mol. The number of nitrogens with zero attached hydrogens (tertiary/aromatic N) is 1. The van der Waals surface area contributed by atoms with Crippen LogP contribution in [0.25, 0.3) is 0 Å². The lowest BCUT2D eigenvalue weighted by atomic mass is 9.46. The number of aliphatic hydroxyl groups is 1. The van der Waals surface area contributed by atoms with Gasteiger partial charge in [-0.05, 0) is 53.4 Å². The second-order valence-corrected chi connectivity index (χ2v) is 8.91. The standard InChI is InChI=1S/C27H23NO4/c1-15(29)27-20-9-5-3-7-18(20)22(19-8-4-6-10-21(19)27)23-24(27)26(31)28(25(23)30)16-11-13-17(32-2)14-12-16/h3-15,22-24,29H,1-2H3. The molecule has 1 fully saturated rings. The third kappa shape index (κ3) is 2.12. The number of rotatable bonds is 3. The van der Waals surface area contributed by atoms with E-state index in [1.54, 1.807) is 38.3 Å². The lowest BCUT2D eigenvalue weighted by Gasteiger charge is -2.55. The van der Waals surface area contributed by atoms with Gasteiger partial charge in [0.2, 0.25) is 11.8 Å². The Hall–Kier alpha value is -3.44. The Balaban J connectivity index is 1.62. The Bertz CT molecular complexity index is 1220. The molecule has 1 heterocycles. The highest BCUT2D eigenvalue weighted by Crippen LogP contribution is 2.65. The van der Waals surface area contributed by atoms with Crippen LogP contribution in [0.4, 0.5) is 5.69 Å². The van der Waals surface area contributed by atoms with Crippen LogP contribution in [0.2, 0.25) is 0 Å². The van der Waals surface area contributed by atoms with Crippen molar-refractivity contribution in [2.45, 2.75) is 24.4 Å². The Kier molecular flexibility index (Phi) is 3.93. The molecule has 5 heteroatoms. The predicted octanol–water partition coefficient (Wildman–Crippen LogP) is 3.63. The van der Waals surface area contributed by atoms with E-state index in [0.717, 1.165) is 22.3 Å². The topological polar surface area (TPSA) is 66.8 Å². The molecule has 0 radical (unpaired) electrons. The molecule has 2 amide bonds. The van der Waals surface area contributed by atoms with Crippen LogP contribution in [-0.2, 0) is 15.0 Å². The zero-order valence-electron chi connectivity index (χ0n) is 17.9. The number of methoxy groups -OCH3 is 1. The van der Waals surface area contributed by atoms with Crippen LogP contribution in [-0.4, -0.2) is 30.1 Å². The number of carbonyl (C=O) groups is 2. The van der Waals surface area contributed by atoms with Crippen molar-refractivity contribution < 1.29 is 19.4 Å². The first-order valence-electron chi connectivity index (χ1n) is 10.9. The highest BCUT2D eigenvalue weighted by Gasteiger charge is 2.69. The predicted molar refractivity (Wildman–Crippen MR) is 120 cm³/mol. The molecule has 1 N–H and O–H groups in total. The lowest BCUT2D eigenvalue weighted by Crippen LogP contribution is -2.58. The highest BCUT2D eigenvalue weighted by molar-refractivity contribution is 6.23. The average Bonchev–Trinajstić information content (AvgIpc) is 3.09. The molecule has 0 spiro atoms. The van der Waals surface area contributed by atoms with Crippen molar-refractivity contribution in [1.82, 2.24) is 0 Å². The molecule has 0 saturated carbocycles. The maximum atomic E-state index is 14.0. The quantitative estimate of drug-likeness (QED) is 0.651. The number of imide groups is 1. The Labute approximate surface area is 186 Å². The fourth-order valence-corrected chi connectivity index (χ4v) is 6.53. The summed E-state index contributed by atoms with van der Waals surface area (Å²) in [6.45, 7) is 1.74. The second-order valence-electron chi connectivity index (χ2n) is 8.91. The van der Waals surface area contributed by atoms with Crippen molar-refractivity contribution in [2.24, 2.45) is 11.8 Å². The molecule has 3 atom stereocenters. The first-order valence-corrected chi connectivity index (χ1v) is 10.9. The minimum Gasteiger partial charge on any atom is -0.497 e. The zero-order valence-corrected chi connectivity index (χ0v) is 17.9. The molecule has 5 nitrogen and oxygen atoms in total. The molecule has 3 aliphatic carbocycles. The van der Waals surface area contributed by atoms with Crippen LogP contribution >= 0.6 is 0 Å². The van der Waals surface area contributed by atoms with Gasteiger partial charge < -0.3 is 9.84 Å². The Morgan fingerprint density at radius 1 is 0.875 bits per heavy atom. The molecular weight excluding hydrogens is 402 g/mol. The minimum absolute atomic E-state index is 0.204. The molecule has 0 aromatic heterocycles. The number of anilines is 1. The summed E-state index contributed by atoms with van der Waals surface area (Å²) in [5.41, 5.74) is 3.54. The molecule has 32 heavy (non-hydrogen) atoms. The summed E-state index contributed by atoms with van der Waals surface area (Å²) in [5.74, 6) is -1.22. The average molecular weight is 425 g/mol. The summed E-state index contributed by atoms with van der Waals surface area (Å²) >= 11 is 0. The van der Waals surface area contributed by atoms with E-state index in [-0.39, 0.29) is 17.7 Å². The first kappa shape index (κ1) is 19.3. The van der Waals surface area contributed by atoms with Gasteiger partial charge in [0, 0.05) is 5.92 Å². The minimum atomic E-state index is -0.972. The summed E-state index contributed by atoms with van der Waals surface area (Å²) in [6.07, 6.45) is -0.855. The summed E-state index contributed by atoms with van der Waals surface area (Å²) in [5, 5.41) is 11.3. The molecule has 4 aliphatic rings. The molecule has 2 bridgehead atoms. The molecule has 1 saturated heterocycles. The first-order chi connectivity index (χ1) is 15.5. The van der Waals surface area contributed by atoms with E-state index in [1.165, 1.54) is 4.90 Å². The maximum Gasteiger partial charge on any atom is 0.239 e. The van der Waals surface area contributed by atoms with E-state index in [2.05, 4.69) is 0 Å². The summed E-state index contributed by atoms with van der Waals surface area (Å²) < 4.78 is 5.23. The number of benzene rings is 3. The van der Waals surface area contributed by atoms with Gasteiger partial charge >= 0.3 is 0 Å². The third-order valence-electron chi connectivity index (χ3n) is 7.67. The largest absolute Gasteiger partial charge is 0.497 e. The fourth-order valence-electron chi connectivity index (χ4n) is 6.53. The molecular formula is C27H23NO4. The van der Waals surface area contributed by atoms with Crippen molar-refractivity contribution in [3.63, 3.8) is 0 Å². The SMILES string of the molecule is COc1ccc(N2C(=O)C3C4c5ccccc5C(C(C)O)(c5ccccc54)C3C2=O)cc1. The second kappa shape index (κ2) is 6.53. The number of aliphatic hydroxyl groups excluding tert-OH is 1. The van der Waals surface area contributed by atoms with Gasteiger partial charge in [-0.15, -0.1) is 0 Å². The van der Waals surface area contributed by atoms with Crippen molar-refractivity contribution in [2.75, 3.05) is 12.0 Å². The van der Waals surface area contributed by atoms with Gasteiger partial charge in [-0.3, -0.25) is 9.59 Å². The number of carbonyl (C=O) groups excluding carboxylic acids is 2. The molecule has 3 aromatic rings. The van der Waals surface area contributed by atoms with Crippen molar-refractivity contribution >= 4 is 17.5 Å². The molecule has 3 aromatic carbocycles. The van der Waals surface area contributed by atoms with Gasteiger partial charge in [0.25, 0.3) is 0 Å². The van der Waals surface area contributed by atoms with Crippen LogP contribution in [0.5, 0.6) is 5.75 Å². The van der Waals surface area contributed by atoms with Gasteiger partial charge in [0.05, 0.1) is 36.2 Å². The van der Waals surface area contributed by atoms with Crippen LogP contribution in [0.15, 0.2) is 72.8 Å². The van der Waals surface area contributed by atoms with E-state index >= 15 is 0 Å². The van der Waals surface area contributed by atoms with Crippen molar-refractivity contribution in [1.29, 1.82) is 0 Å². The summed E-state index contributed by atoms with van der Waals surface area (Å²) in [7, 11) is 1.58. The normalized spacial score (nSPS) is 28.2. The van der Waals surface area contributed by atoms with Crippen LogP contribution < -0.4 is 9.64 Å². The van der Waals surface area contributed by atoms with E-state index in [1.807, 2.05) is 48.5 Å². The van der Waals surface area contributed by atoms with E-state index in [9.17, 15) is 14.7 Å². The van der Waals surface area contributed by atoms with E-state index in [0.29, 0.717) is 11.4 Å². The molecule has 7 rings (SSSR count). The Morgan fingerprint density at radius 2 is 1.44 bits per heavy atom. The van der Waals surface area contributed by atoms with Crippen LogP contribution in [0, 0.1) is 11.8 Å². The van der Waals surface area contributed by atoms with E-state index in [4.69, 9.17) is 4.74 Å².